The molecule has 0 radical (unpaired) electrons. The first-order chi connectivity index (χ1) is 12.8. The first-order valence-corrected chi connectivity index (χ1v) is 10.9. The Morgan fingerprint density at radius 2 is 1.26 bits per heavy atom. The lowest BCUT2D eigenvalue weighted by molar-refractivity contribution is -0.923. The highest BCUT2D eigenvalue weighted by molar-refractivity contribution is 4.77. The molecule has 2 saturated heterocycles. The standard InChI is InChI=1S/C21H40NO2.CH4O.ClH/c1-3-5-6-7-8-9-10-11-12-13-15-22(14-4-2,16-20-18-23-20)17-21-19-24-21;1-2;/h4,20-21H,2-3,5-19H2,1H3;2H,1H3;1H/q+1;;/p-1. The minimum absolute atomic E-state index is 0. The summed E-state index contributed by atoms with van der Waals surface area (Å²) in [6, 6.07) is 0. The number of quaternary nitrogens is 1. The highest BCUT2D eigenvalue weighted by Gasteiger charge is 2.41. The average molecular weight is 406 g/mol. The van der Waals surface area contributed by atoms with E-state index >= 15 is 0 Å². The number of aliphatic hydroxyl groups is 1. The van der Waals surface area contributed by atoms with Crippen LogP contribution in [0, 0.1) is 0 Å². The maximum Gasteiger partial charge on any atom is 0.130 e. The van der Waals surface area contributed by atoms with E-state index < -0.39 is 0 Å². The van der Waals surface area contributed by atoms with E-state index in [1.807, 2.05) is 0 Å². The molecule has 27 heavy (non-hydrogen) atoms. The number of unbranched alkanes of at least 4 members (excludes halogenated alkanes) is 9. The van der Waals surface area contributed by atoms with Crippen LogP contribution in [-0.2, 0) is 9.47 Å². The van der Waals surface area contributed by atoms with Gasteiger partial charge in [0.1, 0.15) is 25.3 Å². The second-order valence-electron chi connectivity index (χ2n) is 7.99. The third kappa shape index (κ3) is 13.6. The fourth-order valence-corrected chi connectivity index (χ4v) is 3.92. The van der Waals surface area contributed by atoms with E-state index in [9.17, 15) is 0 Å². The van der Waals surface area contributed by atoms with Gasteiger partial charge in [-0.15, -0.1) is 0 Å². The number of aliphatic hydroxyl groups excluding tert-OH is 1. The summed E-state index contributed by atoms with van der Waals surface area (Å²) < 4.78 is 12.2. The van der Waals surface area contributed by atoms with Gasteiger partial charge >= 0.3 is 0 Å². The van der Waals surface area contributed by atoms with Crippen molar-refractivity contribution in [1.82, 2.24) is 0 Å². The maximum atomic E-state index is 7.00. The lowest BCUT2D eigenvalue weighted by Crippen LogP contribution is -3.00. The average Bonchev–Trinajstić information content (AvgIpc) is 3.56. The molecular formula is C22H44ClNO3. The zero-order valence-electron chi connectivity index (χ0n) is 17.8. The Morgan fingerprint density at radius 1 is 0.852 bits per heavy atom. The Morgan fingerprint density at radius 3 is 1.63 bits per heavy atom. The van der Waals surface area contributed by atoms with Crippen LogP contribution in [0.4, 0.5) is 0 Å². The highest BCUT2D eigenvalue weighted by Crippen LogP contribution is 2.24. The van der Waals surface area contributed by atoms with Gasteiger partial charge in [0, 0.05) is 7.11 Å². The summed E-state index contributed by atoms with van der Waals surface area (Å²) in [4.78, 5) is 0. The molecule has 5 heteroatoms. The van der Waals surface area contributed by atoms with Gasteiger partial charge in [0.2, 0.25) is 0 Å². The molecule has 0 bridgehead atoms. The zero-order chi connectivity index (χ0) is 19.1. The summed E-state index contributed by atoms with van der Waals surface area (Å²) in [6.45, 7) is 12.9. The molecule has 0 aromatic carbocycles. The van der Waals surface area contributed by atoms with Gasteiger partial charge in [0.05, 0.1) is 26.3 Å². The van der Waals surface area contributed by atoms with Crippen molar-refractivity contribution in [2.24, 2.45) is 0 Å². The smallest absolute Gasteiger partial charge is 0.130 e. The molecule has 0 amide bonds. The van der Waals surface area contributed by atoms with Crippen LogP contribution < -0.4 is 12.4 Å². The van der Waals surface area contributed by atoms with Gasteiger partial charge in [0.25, 0.3) is 0 Å². The van der Waals surface area contributed by atoms with Crippen LogP contribution in [0.5, 0.6) is 0 Å². The van der Waals surface area contributed by atoms with Crippen molar-refractivity contribution in [3.05, 3.63) is 12.7 Å². The Balaban J connectivity index is 0.00000218. The van der Waals surface area contributed by atoms with Crippen LogP contribution in [-0.4, -0.2) is 68.3 Å². The van der Waals surface area contributed by atoms with E-state index in [0.717, 1.165) is 44.4 Å². The van der Waals surface area contributed by atoms with Crippen LogP contribution in [0.3, 0.4) is 0 Å². The van der Waals surface area contributed by atoms with E-state index in [0.29, 0.717) is 12.2 Å². The molecule has 2 aliphatic rings. The molecule has 4 nitrogen and oxygen atoms in total. The number of hydrogen-bond acceptors (Lipinski definition) is 3. The second kappa shape index (κ2) is 16.8. The predicted molar refractivity (Wildman–Crippen MR) is 109 cm³/mol. The molecule has 1 N–H and O–H groups in total. The molecule has 2 fully saturated rings. The fourth-order valence-electron chi connectivity index (χ4n) is 3.92. The topological polar surface area (TPSA) is 45.3 Å². The molecule has 0 aromatic rings. The molecule has 162 valence electrons. The monoisotopic (exact) mass is 405 g/mol. The van der Waals surface area contributed by atoms with Crippen LogP contribution in [0.2, 0.25) is 0 Å². The van der Waals surface area contributed by atoms with Gasteiger partial charge in [-0.3, -0.25) is 0 Å². The van der Waals surface area contributed by atoms with E-state index in [1.54, 1.807) is 0 Å². The Bertz CT molecular complexity index is 332. The van der Waals surface area contributed by atoms with Crippen molar-refractivity contribution in [2.75, 3.05) is 46.5 Å². The van der Waals surface area contributed by atoms with Gasteiger partial charge in [-0.25, -0.2) is 0 Å². The largest absolute Gasteiger partial charge is 1.00 e. The zero-order valence-corrected chi connectivity index (χ0v) is 18.6. The number of nitrogens with zero attached hydrogens (tertiary/aromatic N) is 1. The molecule has 0 saturated carbocycles. The van der Waals surface area contributed by atoms with Crippen molar-refractivity contribution in [3.63, 3.8) is 0 Å². The van der Waals surface area contributed by atoms with Crippen molar-refractivity contribution in [2.45, 2.75) is 83.3 Å². The summed E-state index contributed by atoms with van der Waals surface area (Å²) in [5, 5.41) is 7.00. The lowest BCUT2D eigenvalue weighted by Gasteiger charge is -2.37. The van der Waals surface area contributed by atoms with Crippen molar-refractivity contribution in [3.8, 4) is 0 Å². The van der Waals surface area contributed by atoms with Crippen LogP contribution >= 0.6 is 0 Å². The Kier molecular flexibility index (Phi) is 16.7. The number of epoxide rings is 2. The first-order valence-electron chi connectivity index (χ1n) is 10.9. The first kappa shape index (κ1) is 26.9. The molecular weight excluding hydrogens is 362 g/mol. The Labute approximate surface area is 174 Å². The van der Waals surface area contributed by atoms with Gasteiger partial charge in [-0.05, 0) is 18.9 Å². The van der Waals surface area contributed by atoms with Gasteiger partial charge < -0.3 is 31.5 Å². The highest BCUT2D eigenvalue weighted by atomic mass is 35.5. The number of ether oxygens (including phenoxy) is 2. The molecule has 2 aliphatic heterocycles. The SMILES string of the molecule is C=CC[N+](CCCCCCCCCCCC)(CC1CO1)CC1CO1.CO.[Cl-]. The summed E-state index contributed by atoms with van der Waals surface area (Å²) in [6.07, 6.45) is 17.1. The van der Waals surface area contributed by atoms with Crippen LogP contribution in [0.15, 0.2) is 12.7 Å². The molecule has 0 aromatic heterocycles. The number of hydrogen-bond donors (Lipinski definition) is 1. The summed E-state index contributed by atoms with van der Waals surface area (Å²) in [5.41, 5.74) is 0. The normalized spacial score (nSPS) is 22.0. The van der Waals surface area contributed by atoms with E-state index in [-0.39, 0.29) is 12.4 Å². The third-order valence-electron chi connectivity index (χ3n) is 5.49. The lowest BCUT2D eigenvalue weighted by atomic mass is 10.1. The summed E-state index contributed by atoms with van der Waals surface area (Å²) >= 11 is 0. The summed E-state index contributed by atoms with van der Waals surface area (Å²) in [7, 11) is 1.00. The molecule has 0 spiro atoms. The fraction of sp³-hybridized carbons (Fsp3) is 0.909. The van der Waals surface area contributed by atoms with Crippen molar-refractivity contribution in [1.29, 1.82) is 0 Å². The van der Waals surface area contributed by atoms with E-state index in [1.165, 1.54) is 70.8 Å². The van der Waals surface area contributed by atoms with Gasteiger partial charge in [-0.2, -0.15) is 0 Å². The molecule has 2 atom stereocenters. The number of halogens is 1. The quantitative estimate of drug-likeness (QED) is 0.172. The number of rotatable bonds is 17. The van der Waals surface area contributed by atoms with Crippen LogP contribution in [0.25, 0.3) is 0 Å². The van der Waals surface area contributed by atoms with Gasteiger partial charge in [-0.1, -0.05) is 64.9 Å². The third-order valence-corrected chi connectivity index (χ3v) is 5.49. The molecule has 2 heterocycles. The van der Waals surface area contributed by atoms with Crippen molar-refractivity contribution >= 4 is 0 Å². The van der Waals surface area contributed by atoms with Gasteiger partial charge in [0.15, 0.2) is 0 Å². The maximum absolute atomic E-state index is 7.00. The minimum atomic E-state index is 0. The Hall–Kier alpha value is -0.130. The molecule has 2 unspecified atom stereocenters. The minimum Gasteiger partial charge on any atom is -1.00 e. The molecule has 2 rings (SSSR count). The second-order valence-corrected chi connectivity index (χ2v) is 7.99. The summed E-state index contributed by atoms with van der Waals surface area (Å²) in [5.74, 6) is 0. The predicted octanol–water partition coefficient (Wildman–Crippen LogP) is 1.32. The van der Waals surface area contributed by atoms with Crippen LogP contribution in [0.1, 0.15) is 71.1 Å². The van der Waals surface area contributed by atoms with Crippen molar-refractivity contribution < 1.29 is 31.5 Å². The van der Waals surface area contributed by atoms with E-state index in [2.05, 4.69) is 19.6 Å². The molecule has 0 aliphatic carbocycles. The van der Waals surface area contributed by atoms with E-state index in [4.69, 9.17) is 14.6 Å².